The fourth-order valence-electron chi connectivity index (χ4n) is 2.24. The Morgan fingerprint density at radius 1 is 1.41 bits per heavy atom. The zero-order chi connectivity index (χ0) is 12.3. The summed E-state index contributed by atoms with van der Waals surface area (Å²) in [7, 11) is 1.73. The van der Waals surface area contributed by atoms with Gasteiger partial charge in [-0.3, -0.25) is 10.2 Å². The quantitative estimate of drug-likeness (QED) is 0.687. The predicted molar refractivity (Wildman–Crippen MR) is 66.6 cm³/mol. The van der Waals surface area contributed by atoms with Crippen molar-refractivity contribution < 1.29 is 4.74 Å². The molecule has 0 saturated heterocycles. The Morgan fingerprint density at radius 3 is 2.59 bits per heavy atom. The molecule has 0 aromatic heterocycles. The van der Waals surface area contributed by atoms with Gasteiger partial charge in [-0.15, -0.1) is 0 Å². The first-order valence-corrected chi connectivity index (χ1v) is 6.59. The summed E-state index contributed by atoms with van der Waals surface area (Å²) in [4.78, 5) is 2.40. The van der Waals surface area contributed by atoms with Gasteiger partial charge in [0.1, 0.15) is 5.54 Å². The minimum Gasteiger partial charge on any atom is -0.383 e. The molecule has 2 fully saturated rings. The minimum atomic E-state index is -0.405. The van der Waals surface area contributed by atoms with Crippen molar-refractivity contribution in [1.29, 1.82) is 5.26 Å². The lowest BCUT2D eigenvalue weighted by Gasteiger charge is -2.31. The van der Waals surface area contributed by atoms with E-state index >= 15 is 0 Å². The maximum Gasteiger partial charge on any atom is 0.116 e. The molecule has 2 aliphatic rings. The Labute approximate surface area is 104 Å². The second-order valence-electron chi connectivity index (χ2n) is 5.56. The van der Waals surface area contributed by atoms with Crippen molar-refractivity contribution in [2.45, 2.75) is 50.2 Å². The third-order valence-electron chi connectivity index (χ3n) is 3.51. The van der Waals surface area contributed by atoms with Crippen LogP contribution >= 0.6 is 0 Å². The van der Waals surface area contributed by atoms with Gasteiger partial charge in [-0.2, -0.15) is 5.26 Å². The van der Waals surface area contributed by atoms with E-state index in [-0.39, 0.29) is 0 Å². The number of methoxy groups -OCH3 is 1. The van der Waals surface area contributed by atoms with Crippen molar-refractivity contribution in [3.05, 3.63) is 0 Å². The number of rotatable bonds is 8. The lowest BCUT2D eigenvalue weighted by atomic mass is 10.0. The van der Waals surface area contributed by atoms with Crippen molar-refractivity contribution in [2.75, 3.05) is 26.8 Å². The van der Waals surface area contributed by atoms with Crippen molar-refractivity contribution in [3.63, 3.8) is 0 Å². The van der Waals surface area contributed by atoms with Gasteiger partial charge in [0.15, 0.2) is 0 Å². The second-order valence-corrected chi connectivity index (χ2v) is 5.56. The van der Waals surface area contributed by atoms with Crippen LogP contribution in [0.15, 0.2) is 0 Å². The Morgan fingerprint density at radius 2 is 2.12 bits per heavy atom. The molecule has 0 spiro atoms. The Bertz CT molecular complexity index is 294. The average molecular weight is 237 g/mol. The summed E-state index contributed by atoms with van der Waals surface area (Å²) in [6, 6.07) is 3.70. The second kappa shape index (κ2) is 5.34. The van der Waals surface area contributed by atoms with Crippen molar-refractivity contribution in [1.82, 2.24) is 10.2 Å². The molecule has 2 saturated carbocycles. The maximum atomic E-state index is 9.37. The Hall–Kier alpha value is -0.630. The van der Waals surface area contributed by atoms with Gasteiger partial charge in [-0.1, -0.05) is 0 Å². The molecule has 0 heterocycles. The highest BCUT2D eigenvalue weighted by Crippen LogP contribution is 2.29. The molecule has 2 aliphatic carbocycles. The fraction of sp³-hybridized carbons (Fsp3) is 0.923. The molecular formula is C13H23N3O. The average Bonchev–Trinajstić information content (AvgIpc) is 3.15. The van der Waals surface area contributed by atoms with Gasteiger partial charge in [0, 0.05) is 32.3 Å². The van der Waals surface area contributed by atoms with Crippen molar-refractivity contribution in [3.8, 4) is 6.07 Å². The highest BCUT2D eigenvalue weighted by Gasteiger charge is 2.37. The Balaban J connectivity index is 1.86. The molecule has 0 radical (unpaired) electrons. The maximum absolute atomic E-state index is 9.37. The van der Waals surface area contributed by atoms with E-state index < -0.39 is 5.54 Å². The van der Waals surface area contributed by atoms with E-state index in [0.29, 0.717) is 12.1 Å². The summed E-state index contributed by atoms with van der Waals surface area (Å²) < 4.78 is 5.15. The lowest BCUT2D eigenvalue weighted by molar-refractivity contribution is 0.129. The first kappa shape index (κ1) is 12.8. The van der Waals surface area contributed by atoms with Crippen LogP contribution in [0.2, 0.25) is 0 Å². The number of hydrogen-bond acceptors (Lipinski definition) is 4. The van der Waals surface area contributed by atoms with E-state index in [0.717, 1.165) is 19.7 Å². The molecular weight excluding hydrogens is 214 g/mol. The highest BCUT2D eigenvalue weighted by molar-refractivity contribution is 5.10. The molecule has 4 nitrogen and oxygen atoms in total. The standard InChI is InChI=1S/C13H23N3O/c1-13(9-14,15-11-3-4-11)10-16(7-8-17-2)12-5-6-12/h11-12,15H,3-8,10H2,1-2H3. The van der Waals surface area contributed by atoms with Gasteiger partial charge in [0.2, 0.25) is 0 Å². The van der Waals surface area contributed by atoms with Crippen molar-refractivity contribution in [2.24, 2.45) is 0 Å². The van der Waals surface area contributed by atoms with Gasteiger partial charge in [-0.05, 0) is 32.6 Å². The molecule has 96 valence electrons. The van der Waals surface area contributed by atoms with E-state index in [9.17, 15) is 5.26 Å². The zero-order valence-electron chi connectivity index (χ0n) is 10.9. The topological polar surface area (TPSA) is 48.3 Å². The van der Waals surface area contributed by atoms with Crippen LogP contribution in [0, 0.1) is 11.3 Å². The number of nitrogens with one attached hydrogen (secondary N) is 1. The minimum absolute atomic E-state index is 0.405. The molecule has 1 unspecified atom stereocenters. The largest absolute Gasteiger partial charge is 0.383 e. The van der Waals surface area contributed by atoms with Crippen LogP contribution in [0.5, 0.6) is 0 Å². The summed E-state index contributed by atoms with van der Waals surface area (Å²) in [6.07, 6.45) is 4.99. The summed E-state index contributed by atoms with van der Waals surface area (Å²) >= 11 is 0. The summed E-state index contributed by atoms with van der Waals surface area (Å²) in [5.74, 6) is 0. The van der Waals surface area contributed by atoms with E-state index in [4.69, 9.17) is 4.74 Å². The molecule has 0 aliphatic heterocycles. The van der Waals surface area contributed by atoms with Gasteiger partial charge in [0.05, 0.1) is 12.7 Å². The summed E-state index contributed by atoms with van der Waals surface area (Å²) in [5.41, 5.74) is -0.405. The molecule has 0 amide bonds. The third-order valence-corrected chi connectivity index (χ3v) is 3.51. The van der Waals surface area contributed by atoms with Crippen LogP contribution in [0.1, 0.15) is 32.6 Å². The lowest BCUT2D eigenvalue weighted by Crippen LogP contribution is -2.52. The smallest absolute Gasteiger partial charge is 0.116 e. The van der Waals surface area contributed by atoms with Gasteiger partial charge < -0.3 is 4.74 Å². The number of nitriles is 1. The van der Waals surface area contributed by atoms with Gasteiger partial charge >= 0.3 is 0 Å². The first-order valence-electron chi connectivity index (χ1n) is 6.59. The Kier molecular flexibility index (Phi) is 4.03. The molecule has 0 bridgehead atoms. The monoisotopic (exact) mass is 237 g/mol. The number of nitrogens with zero attached hydrogens (tertiary/aromatic N) is 2. The van der Waals surface area contributed by atoms with Crippen LogP contribution in [-0.2, 0) is 4.74 Å². The third kappa shape index (κ3) is 3.95. The van der Waals surface area contributed by atoms with Crippen LogP contribution < -0.4 is 5.32 Å². The first-order chi connectivity index (χ1) is 8.17. The normalized spacial score (nSPS) is 23.4. The van der Waals surface area contributed by atoms with E-state index in [1.54, 1.807) is 7.11 Å². The molecule has 17 heavy (non-hydrogen) atoms. The van der Waals surface area contributed by atoms with E-state index in [1.807, 2.05) is 6.92 Å². The van der Waals surface area contributed by atoms with Crippen LogP contribution in [0.25, 0.3) is 0 Å². The number of hydrogen-bond donors (Lipinski definition) is 1. The van der Waals surface area contributed by atoms with E-state index in [1.165, 1.54) is 25.7 Å². The molecule has 1 N–H and O–H groups in total. The SMILES string of the molecule is COCCN(CC(C)(C#N)NC1CC1)C1CC1. The summed E-state index contributed by atoms with van der Waals surface area (Å²) in [6.45, 7) is 4.52. The van der Waals surface area contributed by atoms with Crippen LogP contribution in [-0.4, -0.2) is 49.3 Å². The van der Waals surface area contributed by atoms with Crippen LogP contribution in [0.4, 0.5) is 0 Å². The van der Waals surface area contributed by atoms with E-state index in [2.05, 4.69) is 16.3 Å². The number of ether oxygens (including phenoxy) is 1. The molecule has 1 atom stereocenters. The molecule has 0 aromatic rings. The fourth-order valence-corrected chi connectivity index (χ4v) is 2.24. The molecule has 2 rings (SSSR count). The van der Waals surface area contributed by atoms with Crippen molar-refractivity contribution >= 4 is 0 Å². The van der Waals surface area contributed by atoms with Gasteiger partial charge in [0.25, 0.3) is 0 Å². The van der Waals surface area contributed by atoms with Gasteiger partial charge in [-0.25, -0.2) is 0 Å². The zero-order valence-corrected chi connectivity index (χ0v) is 10.9. The molecule has 4 heteroatoms. The highest BCUT2D eigenvalue weighted by atomic mass is 16.5. The molecule has 0 aromatic carbocycles. The predicted octanol–water partition coefficient (Wildman–Crippen LogP) is 1.13. The summed E-state index contributed by atoms with van der Waals surface area (Å²) in [5, 5.41) is 12.8. The van der Waals surface area contributed by atoms with Crippen LogP contribution in [0.3, 0.4) is 0 Å².